The summed E-state index contributed by atoms with van der Waals surface area (Å²) >= 11 is 0. The van der Waals surface area contributed by atoms with Gasteiger partial charge >= 0.3 is 0 Å². The van der Waals surface area contributed by atoms with Gasteiger partial charge in [-0.2, -0.15) is 0 Å². The molecule has 2 fully saturated rings. The van der Waals surface area contributed by atoms with E-state index in [4.69, 9.17) is 0 Å². The second-order valence-corrected chi connectivity index (χ2v) is 20.7. The van der Waals surface area contributed by atoms with Crippen LogP contribution in [0.15, 0.2) is 259 Å². The molecule has 6 atom stereocenters. The van der Waals surface area contributed by atoms with Gasteiger partial charge in [0.15, 0.2) is 0 Å². The highest BCUT2D eigenvalue weighted by Gasteiger charge is 2.59. The van der Waals surface area contributed by atoms with E-state index in [1.54, 1.807) is 0 Å². The quantitative estimate of drug-likeness (QED) is 0.124. The van der Waals surface area contributed by atoms with Crippen LogP contribution in [0.3, 0.4) is 0 Å². The molecule has 0 N–H and O–H groups in total. The van der Waals surface area contributed by atoms with Gasteiger partial charge in [0.05, 0.1) is 11.1 Å². The molecule has 6 aromatic rings. The molecule has 1 aromatic heterocycles. The third-order valence-corrected chi connectivity index (χ3v) is 16.5. The largest absolute Gasteiger partial charge is 0.332 e. The Morgan fingerprint density at radius 1 is 0.648 bits per heavy atom. The number of rotatable bonds is 10. The van der Waals surface area contributed by atoms with Crippen molar-refractivity contribution in [3.63, 3.8) is 0 Å². The molecule has 348 valence electrons. The average Bonchev–Trinajstić information content (AvgIpc) is 4.33. The van der Waals surface area contributed by atoms with Crippen molar-refractivity contribution in [1.82, 2.24) is 9.47 Å². The van der Waals surface area contributed by atoms with Gasteiger partial charge in [0.25, 0.3) is 0 Å². The van der Waals surface area contributed by atoms with Crippen molar-refractivity contribution >= 4 is 22.2 Å². The molecule has 0 radical (unpaired) electrons. The molecule has 2 nitrogen and oxygen atoms in total. The second-order valence-electron chi connectivity index (χ2n) is 20.7. The summed E-state index contributed by atoms with van der Waals surface area (Å²) in [6.07, 6.45) is 48.5. The standard InChI is InChI=1S/C69H62N2/c1-2-42-69(46-65(69)64-47-70(66-39-22-21-33-57(64)66)52-28-13-5-3-4-6-14-29-52)71(54-41-40-50-43-51(50)44-54)53-30-23-38-62-63(45-53)68(59-35-18-16-32-56(59)49-26-11-8-12-27-49)61-37-20-19-36-60(61)67(62)58-34-17-15-31-55(58)48-24-9-7-10-25-48/h2,5,7-13,15-22,24-27,29-42,44-45,47,50-51,61,65,68H,3-4,6,14,23,28,43,46H2,1H3/b13-5-,42-2-,52-29+. The van der Waals surface area contributed by atoms with Gasteiger partial charge in [-0.1, -0.05) is 206 Å². The molecular weight excluding hydrogens is 857 g/mol. The molecule has 0 aliphatic heterocycles. The lowest BCUT2D eigenvalue weighted by Crippen LogP contribution is -2.36. The Hall–Kier alpha value is -7.42. The molecule has 2 heteroatoms. The highest BCUT2D eigenvalue weighted by Crippen LogP contribution is 2.63. The van der Waals surface area contributed by atoms with Crippen LogP contribution in [0.4, 0.5) is 0 Å². The highest BCUT2D eigenvalue weighted by molar-refractivity contribution is 5.97. The first-order valence-corrected chi connectivity index (χ1v) is 26.5. The second kappa shape index (κ2) is 18.4. The fourth-order valence-electron chi connectivity index (χ4n) is 13.1. The van der Waals surface area contributed by atoms with E-state index in [0.717, 1.165) is 25.7 Å². The van der Waals surface area contributed by atoms with Crippen LogP contribution < -0.4 is 0 Å². The first-order chi connectivity index (χ1) is 35.2. The number of hydrogen-bond donors (Lipinski definition) is 0. The van der Waals surface area contributed by atoms with Gasteiger partial charge in [-0.05, 0) is 143 Å². The van der Waals surface area contributed by atoms with Crippen LogP contribution in [-0.2, 0) is 0 Å². The van der Waals surface area contributed by atoms with Crippen molar-refractivity contribution in [3.8, 4) is 22.3 Å². The maximum atomic E-state index is 2.81. The third kappa shape index (κ3) is 7.80. The number of nitrogens with zero attached hydrogens (tertiary/aromatic N) is 2. The molecule has 7 aliphatic carbocycles. The minimum atomic E-state index is -0.259. The lowest BCUT2D eigenvalue weighted by Gasteiger charge is -2.41. The molecular formula is C69H62N2. The summed E-state index contributed by atoms with van der Waals surface area (Å²) in [5.74, 6) is 1.74. The van der Waals surface area contributed by atoms with Gasteiger partial charge in [-0.3, -0.25) is 0 Å². The van der Waals surface area contributed by atoms with Crippen LogP contribution in [0.25, 0.3) is 44.4 Å². The number of hydrogen-bond acceptors (Lipinski definition) is 1. The minimum Gasteiger partial charge on any atom is -0.332 e. The molecule has 13 rings (SSSR count). The van der Waals surface area contributed by atoms with Gasteiger partial charge in [0.2, 0.25) is 0 Å². The monoisotopic (exact) mass is 918 g/mol. The van der Waals surface area contributed by atoms with E-state index in [1.165, 1.54) is 115 Å². The van der Waals surface area contributed by atoms with Crippen molar-refractivity contribution in [2.45, 2.75) is 75.7 Å². The summed E-state index contributed by atoms with van der Waals surface area (Å²) in [5, 5.41) is 1.38. The zero-order valence-electron chi connectivity index (χ0n) is 40.9. The summed E-state index contributed by atoms with van der Waals surface area (Å²) in [6, 6.07) is 49.7. The fourth-order valence-corrected chi connectivity index (χ4v) is 13.1. The first-order valence-electron chi connectivity index (χ1n) is 26.5. The maximum absolute atomic E-state index is 2.81. The molecule has 2 saturated carbocycles. The average molecular weight is 919 g/mol. The lowest BCUT2D eigenvalue weighted by molar-refractivity contribution is 0.350. The number of aromatic nitrogens is 1. The summed E-state index contributed by atoms with van der Waals surface area (Å²) in [7, 11) is 0. The van der Waals surface area contributed by atoms with Crippen molar-refractivity contribution in [2.24, 2.45) is 17.8 Å². The predicted molar refractivity (Wildman–Crippen MR) is 298 cm³/mol. The topological polar surface area (TPSA) is 8.17 Å². The van der Waals surface area contributed by atoms with Crippen molar-refractivity contribution in [2.75, 3.05) is 0 Å². The van der Waals surface area contributed by atoms with Gasteiger partial charge in [-0.15, -0.1) is 0 Å². The fraction of sp³-hybridized carbons (Fsp3) is 0.217. The number of fused-ring (bicyclic) bond motifs is 4. The van der Waals surface area contributed by atoms with E-state index >= 15 is 0 Å². The van der Waals surface area contributed by atoms with Crippen molar-refractivity contribution in [3.05, 3.63) is 276 Å². The number of benzene rings is 5. The predicted octanol–water partition coefficient (Wildman–Crippen LogP) is 17.7. The van der Waals surface area contributed by atoms with E-state index in [0.29, 0.717) is 17.8 Å². The molecule has 0 saturated heterocycles. The molecule has 0 bridgehead atoms. The third-order valence-electron chi connectivity index (χ3n) is 16.5. The Kier molecular flexibility index (Phi) is 11.3. The normalized spacial score (nSPS) is 26.5. The van der Waals surface area contributed by atoms with Crippen LogP contribution in [0.1, 0.15) is 86.8 Å². The minimum absolute atomic E-state index is 0.0643. The van der Waals surface area contributed by atoms with E-state index in [2.05, 4.69) is 247 Å². The molecule has 7 aliphatic rings. The Labute approximate surface area is 420 Å². The van der Waals surface area contributed by atoms with Crippen LogP contribution >= 0.6 is 0 Å². The molecule has 5 aromatic carbocycles. The van der Waals surface area contributed by atoms with Gasteiger partial charge in [0, 0.05) is 52.8 Å². The van der Waals surface area contributed by atoms with Crippen LogP contribution in [0.2, 0.25) is 0 Å². The summed E-state index contributed by atoms with van der Waals surface area (Å²) in [4.78, 5) is 2.81. The van der Waals surface area contributed by atoms with Gasteiger partial charge in [-0.25, -0.2) is 0 Å². The van der Waals surface area contributed by atoms with E-state index in [-0.39, 0.29) is 17.4 Å². The van der Waals surface area contributed by atoms with E-state index < -0.39 is 0 Å². The van der Waals surface area contributed by atoms with Crippen LogP contribution in [0.5, 0.6) is 0 Å². The van der Waals surface area contributed by atoms with Crippen molar-refractivity contribution < 1.29 is 0 Å². The molecule has 71 heavy (non-hydrogen) atoms. The molecule has 1 heterocycles. The summed E-state index contributed by atoms with van der Waals surface area (Å²) in [6.45, 7) is 2.23. The van der Waals surface area contributed by atoms with Crippen LogP contribution in [0, 0.1) is 17.8 Å². The summed E-state index contributed by atoms with van der Waals surface area (Å²) < 4.78 is 2.54. The Morgan fingerprint density at radius 2 is 1.39 bits per heavy atom. The maximum Gasteiger partial charge on any atom is 0.0710 e. The van der Waals surface area contributed by atoms with E-state index in [1.807, 2.05) is 0 Å². The highest BCUT2D eigenvalue weighted by atomic mass is 15.3. The van der Waals surface area contributed by atoms with Gasteiger partial charge < -0.3 is 9.47 Å². The first kappa shape index (κ1) is 43.6. The Bertz CT molecular complexity index is 3410. The Balaban J connectivity index is 1.01. The van der Waals surface area contributed by atoms with Gasteiger partial charge in [0.1, 0.15) is 0 Å². The Morgan fingerprint density at radius 3 is 2.23 bits per heavy atom. The van der Waals surface area contributed by atoms with Crippen LogP contribution in [-0.4, -0.2) is 15.0 Å². The smallest absolute Gasteiger partial charge is 0.0710 e. The molecule has 0 amide bonds. The van der Waals surface area contributed by atoms with E-state index in [9.17, 15) is 0 Å². The van der Waals surface area contributed by atoms with Crippen molar-refractivity contribution in [1.29, 1.82) is 0 Å². The number of allylic oxidation sites excluding steroid dienone is 19. The SMILES string of the molecule is C/C=C\C1(N(C2=CCC=C3C(=C2)C(c2ccccc2-c2ccccc2)C2C=CC=CC2=C3c2ccccc2-c2ccccc2)C2=CC3CC3C=C2)CC1c1cn(/C2=C/CCCC/C=C\C2)c2ccccc12. The lowest BCUT2D eigenvalue weighted by atomic mass is 9.63. The summed E-state index contributed by atoms with van der Waals surface area (Å²) in [5.41, 5.74) is 19.8. The number of para-hydroxylation sites is 1. The zero-order valence-corrected chi connectivity index (χ0v) is 40.9. The molecule has 0 spiro atoms. The zero-order chi connectivity index (χ0) is 47.3. The molecule has 6 unspecified atom stereocenters.